The number of non-ortho nitro benzene ring substituents is 1. The molecule has 156 valence electrons. The van der Waals surface area contributed by atoms with Crippen LogP contribution in [0.1, 0.15) is 37.4 Å². The normalized spacial score (nSPS) is 13.4. The Hall–Kier alpha value is -2.94. The van der Waals surface area contributed by atoms with Gasteiger partial charge in [0, 0.05) is 12.1 Å². The van der Waals surface area contributed by atoms with Gasteiger partial charge in [0.25, 0.3) is 5.69 Å². The molecule has 0 spiro atoms. The van der Waals surface area contributed by atoms with Crippen LogP contribution in [0.4, 0.5) is 11.4 Å². The molecule has 2 rings (SSSR count). The van der Waals surface area contributed by atoms with Crippen molar-refractivity contribution in [3.8, 4) is 0 Å². The number of nitrogens with one attached hydrogen (secondary N) is 1. The van der Waals surface area contributed by atoms with Crippen LogP contribution in [0.2, 0.25) is 0 Å². The highest BCUT2D eigenvalue weighted by Gasteiger charge is 2.33. The number of carbonyl (C=O) groups is 1. The second kappa shape index (κ2) is 9.04. The Balaban J connectivity index is 2.44. The number of hydrogen-bond donors (Lipinski definition) is 1. The Kier molecular flexibility index (Phi) is 6.97. The SMILES string of the molecule is CC[C@@H](C(=O)N[C@H](C)c1ccccc1)N(c1cc([N+](=O)[O-])ccc1C)S(C)(=O)=O. The number of anilines is 1. The van der Waals surface area contributed by atoms with E-state index in [9.17, 15) is 23.3 Å². The van der Waals surface area contributed by atoms with Gasteiger partial charge in [0.15, 0.2) is 0 Å². The predicted octanol–water partition coefficient (Wildman–Crippen LogP) is 3.33. The van der Waals surface area contributed by atoms with Crippen LogP contribution in [0.5, 0.6) is 0 Å². The monoisotopic (exact) mass is 419 g/mol. The van der Waals surface area contributed by atoms with E-state index in [2.05, 4.69) is 5.32 Å². The molecule has 0 saturated carbocycles. The van der Waals surface area contributed by atoms with Crippen LogP contribution in [-0.4, -0.2) is 31.5 Å². The number of benzene rings is 2. The highest BCUT2D eigenvalue weighted by Crippen LogP contribution is 2.30. The van der Waals surface area contributed by atoms with Crippen molar-refractivity contribution in [2.45, 2.75) is 39.3 Å². The van der Waals surface area contributed by atoms with Gasteiger partial charge in [0.1, 0.15) is 6.04 Å². The molecule has 2 aromatic carbocycles. The van der Waals surface area contributed by atoms with Crippen LogP contribution in [0, 0.1) is 17.0 Å². The fourth-order valence-corrected chi connectivity index (χ4v) is 4.38. The maximum absolute atomic E-state index is 13.0. The summed E-state index contributed by atoms with van der Waals surface area (Å²) < 4.78 is 26.2. The Morgan fingerprint density at radius 3 is 2.34 bits per heavy atom. The minimum Gasteiger partial charge on any atom is -0.348 e. The minimum atomic E-state index is -3.89. The molecular formula is C20H25N3O5S. The van der Waals surface area contributed by atoms with E-state index in [1.165, 1.54) is 18.2 Å². The molecule has 0 aliphatic heterocycles. The van der Waals surface area contributed by atoms with E-state index in [0.717, 1.165) is 16.1 Å². The molecule has 0 aliphatic rings. The molecule has 2 aromatic rings. The Bertz CT molecular complexity index is 992. The molecule has 0 heterocycles. The summed E-state index contributed by atoms with van der Waals surface area (Å²) in [4.78, 5) is 23.6. The second-order valence-electron chi connectivity index (χ2n) is 6.85. The van der Waals surface area contributed by atoms with Crippen molar-refractivity contribution in [3.05, 3.63) is 69.8 Å². The van der Waals surface area contributed by atoms with Gasteiger partial charge >= 0.3 is 0 Å². The zero-order valence-corrected chi connectivity index (χ0v) is 17.6. The Labute approximate surface area is 170 Å². The van der Waals surface area contributed by atoms with Gasteiger partial charge in [-0.25, -0.2) is 8.42 Å². The fourth-order valence-electron chi connectivity index (χ4n) is 3.12. The number of sulfonamides is 1. The van der Waals surface area contributed by atoms with E-state index in [1.54, 1.807) is 13.8 Å². The molecule has 1 N–H and O–H groups in total. The first kappa shape index (κ1) is 22.4. The second-order valence-corrected chi connectivity index (χ2v) is 8.71. The van der Waals surface area contributed by atoms with Crippen LogP contribution in [-0.2, 0) is 14.8 Å². The highest BCUT2D eigenvalue weighted by molar-refractivity contribution is 7.92. The van der Waals surface area contributed by atoms with Crippen LogP contribution in [0.15, 0.2) is 48.5 Å². The first-order valence-corrected chi connectivity index (χ1v) is 11.0. The molecule has 29 heavy (non-hydrogen) atoms. The van der Waals surface area contributed by atoms with E-state index < -0.39 is 26.9 Å². The minimum absolute atomic E-state index is 0.121. The third-order valence-corrected chi connectivity index (χ3v) is 5.79. The summed E-state index contributed by atoms with van der Waals surface area (Å²) in [5.41, 5.74) is 1.28. The topological polar surface area (TPSA) is 110 Å². The summed E-state index contributed by atoms with van der Waals surface area (Å²) >= 11 is 0. The van der Waals surface area contributed by atoms with Crippen molar-refractivity contribution in [2.75, 3.05) is 10.6 Å². The van der Waals surface area contributed by atoms with Crippen LogP contribution in [0.25, 0.3) is 0 Å². The van der Waals surface area contributed by atoms with E-state index in [1.807, 2.05) is 37.3 Å². The average Bonchev–Trinajstić information content (AvgIpc) is 2.66. The lowest BCUT2D eigenvalue weighted by atomic mass is 10.1. The van der Waals surface area contributed by atoms with Crippen molar-refractivity contribution < 1.29 is 18.1 Å². The number of hydrogen-bond acceptors (Lipinski definition) is 5. The van der Waals surface area contributed by atoms with Gasteiger partial charge in [-0.05, 0) is 31.4 Å². The van der Waals surface area contributed by atoms with Crippen molar-refractivity contribution in [2.24, 2.45) is 0 Å². The number of nitrogens with zero attached hydrogens (tertiary/aromatic N) is 2. The number of rotatable bonds is 8. The average molecular weight is 420 g/mol. The molecule has 8 nitrogen and oxygen atoms in total. The number of nitro benzene ring substituents is 1. The van der Waals surface area contributed by atoms with Gasteiger partial charge in [-0.3, -0.25) is 19.2 Å². The van der Waals surface area contributed by atoms with Crippen LogP contribution < -0.4 is 9.62 Å². The van der Waals surface area contributed by atoms with Gasteiger partial charge in [-0.1, -0.05) is 43.3 Å². The summed E-state index contributed by atoms with van der Waals surface area (Å²) in [5, 5.41) is 14.0. The molecule has 0 unspecified atom stereocenters. The molecule has 9 heteroatoms. The zero-order valence-electron chi connectivity index (χ0n) is 16.8. The third kappa shape index (κ3) is 5.32. The lowest BCUT2D eigenvalue weighted by Crippen LogP contribution is -2.50. The largest absolute Gasteiger partial charge is 0.348 e. The quantitative estimate of drug-likeness (QED) is 0.521. The van der Waals surface area contributed by atoms with Crippen molar-refractivity contribution in [1.82, 2.24) is 5.32 Å². The van der Waals surface area contributed by atoms with Gasteiger partial charge in [0.05, 0.1) is 22.9 Å². The van der Waals surface area contributed by atoms with Crippen molar-refractivity contribution in [1.29, 1.82) is 0 Å². The standard InChI is InChI=1S/C20H25N3O5S/c1-5-18(20(24)21-15(3)16-9-7-6-8-10-16)22(29(4,27)28)19-13-17(23(25)26)12-11-14(19)2/h6-13,15,18H,5H2,1-4H3,(H,21,24)/t15-,18+/m1/s1. The van der Waals surface area contributed by atoms with E-state index in [0.29, 0.717) is 5.56 Å². The molecule has 0 radical (unpaired) electrons. The maximum atomic E-state index is 13.0. The lowest BCUT2D eigenvalue weighted by Gasteiger charge is -2.32. The third-order valence-electron chi connectivity index (χ3n) is 4.63. The maximum Gasteiger partial charge on any atom is 0.271 e. The molecule has 0 aliphatic carbocycles. The zero-order chi connectivity index (χ0) is 21.8. The predicted molar refractivity (Wildman–Crippen MR) is 112 cm³/mol. The Morgan fingerprint density at radius 1 is 1.21 bits per heavy atom. The van der Waals surface area contributed by atoms with Crippen molar-refractivity contribution >= 4 is 27.3 Å². The summed E-state index contributed by atoms with van der Waals surface area (Å²) in [5.74, 6) is -0.472. The fraction of sp³-hybridized carbons (Fsp3) is 0.350. The van der Waals surface area contributed by atoms with Crippen LogP contribution >= 0.6 is 0 Å². The number of amides is 1. The van der Waals surface area contributed by atoms with Gasteiger partial charge in [-0.2, -0.15) is 0 Å². The number of aryl methyl sites for hydroxylation is 1. The molecule has 2 atom stereocenters. The molecule has 0 fully saturated rings. The van der Waals surface area contributed by atoms with Gasteiger partial charge < -0.3 is 5.32 Å². The Morgan fingerprint density at radius 2 is 1.83 bits per heavy atom. The summed E-state index contributed by atoms with van der Waals surface area (Å²) in [7, 11) is -3.89. The number of carbonyl (C=O) groups excluding carboxylic acids is 1. The molecule has 0 bridgehead atoms. The van der Waals surface area contributed by atoms with E-state index in [4.69, 9.17) is 0 Å². The van der Waals surface area contributed by atoms with E-state index >= 15 is 0 Å². The molecule has 0 aromatic heterocycles. The molecular weight excluding hydrogens is 394 g/mol. The van der Waals surface area contributed by atoms with Gasteiger partial charge in [0.2, 0.25) is 15.9 Å². The molecule has 1 amide bonds. The summed E-state index contributed by atoms with van der Waals surface area (Å²) in [6.07, 6.45) is 1.18. The first-order valence-electron chi connectivity index (χ1n) is 9.16. The summed E-state index contributed by atoms with van der Waals surface area (Å²) in [6.45, 7) is 5.15. The smallest absolute Gasteiger partial charge is 0.271 e. The molecule has 0 saturated heterocycles. The highest BCUT2D eigenvalue weighted by atomic mass is 32.2. The van der Waals surface area contributed by atoms with Crippen LogP contribution in [0.3, 0.4) is 0 Å². The summed E-state index contributed by atoms with van der Waals surface area (Å²) in [6, 6.07) is 11.9. The number of nitro groups is 1. The van der Waals surface area contributed by atoms with Crippen molar-refractivity contribution in [3.63, 3.8) is 0 Å². The van der Waals surface area contributed by atoms with Gasteiger partial charge in [-0.15, -0.1) is 0 Å². The van der Waals surface area contributed by atoms with E-state index in [-0.39, 0.29) is 23.8 Å². The lowest BCUT2D eigenvalue weighted by molar-refractivity contribution is -0.384. The first-order chi connectivity index (χ1) is 13.6.